The zero-order chi connectivity index (χ0) is 12.3. The Morgan fingerprint density at radius 2 is 2.12 bits per heavy atom. The van der Waals surface area contributed by atoms with E-state index in [0.717, 1.165) is 0 Å². The molecule has 17 heavy (non-hydrogen) atoms. The van der Waals surface area contributed by atoms with Crippen molar-refractivity contribution in [3.8, 4) is 6.07 Å². The Hall–Kier alpha value is -2.12. The summed E-state index contributed by atoms with van der Waals surface area (Å²) in [5.41, 5.74) is 1.63. The van der Waals surface area contributed by atoms with Gasteiger partial charge in [-0.1, -0.05) is 11.6 Å². The number of halogens is 2. The number of pyridine rings is 1. The first-order valence-corrected chi connectivity index (χ1v) is 5.15. The molecule has 1 aromatic carbocycles. The zero-order valence-corrected chi connectivity index (χ0v) is 9.37. The molecule has 0 atom stereocenters. The van der Waals surface area contributed by atoms with Crippen molar-refractivity contribution in [1.82, 2.24) is 4.98 Å². The van der Waals surface area contributed by atoms with Crippen LogP contribution in [0.25, 0.3) is 0 Å². The van der Waals surface area contributed by atoms with E-state index in [1.807, 2.05) is 6.07 Å². The van der Waals surface area contributed by atoms with Gasteiger partial charge in [0, 0.05) is 18.0 Å². The molecule has 1 aromatic heterocycles. The predicted octanol–water partition coefficient (Wildman–Crippen LogP) is 3.49. The molecule has 0 saturated heterocycles. The van der Waals surface area contributed by atoms with Crippen LogP contribution < -0.4 is 5.32 Å². The second-order valence-electron chi connectivity index (χ2n) is 3.30. The molecule has 1 heterocycles. The summed E-state index contributed by atoms with van der Waals surface area (Å²) >= 11 is 5.97. The van der Waals surface area contributed by atoms with Gasteiger partial charge >= 0.3 is 0 Å². The molecule has 0 aliphatic heterocycles. The van der Waals surface area contributed by atoms with E-state index in [4.69, 9.17) is 16.9 Å². The maximum absolute atomic E-state index is 12.9. The van der Waals surface area contributed by atoms with Gasteiger partial charge in [0.2, 0.25) is 5.95 Å². The second kappa shape index (κ2) is 4.81. The van der Waals surface area contributed by atoms with Crippen molar-refractivity contribution in [2.75, 3.05) is 5.32 Å². The summed E-state index contributed by atoms with van der Waals surface area (Å²) in [5.74, 6) is -0.570. The lowest BCUT2D eigenvalue weighted by molar-refractivity contribution is 0.584. The lowest BCUT2D eigenvalue weighted by Gasteiger charge is -2.08. The Bertz CT molecular complexity index is 593. The molecular formula is C12H7ClFN3. The van der Waals surface area contributed by atoms with Crippen LogP contribution in [0.2, 0.25) is 5.02 Å². The van der Waals surface area contributed by atoms with Crippen molar-refractivity contribution < 1.29 is 4.39 Å². The highest BCUT2D eigenvalue weighted by atomic mass is 35.5. The van der Waals surface area contributed by atoms with Crippen molar-refractivity contribution in [3.63, 3.8) is 0 Å². The molecule has 0 unspecified atom stereocenters. The maximum Gasteiger partial charge on any atom is 0.214 e. The highest BCUT2D eigenvalue weighted by Crippen LogP contribution is 2.26. The monoisotopic (exact) mass is 247 g/mol. The molecule has 2 rings (SSSR count). The molecule has 3 nitrogen and oxygen atoms in total. The average Bonchev–Trinajstić information content (AvgIpc) is 2.32. The van der Waals surface area contributed by atoms with Crippen LogP contribution in [0.15, 0.2) is 36.5 Å². The van der Waals surface area contributed by atoms with Gasteiger partial charge in [0.1, 0.15) is 0 Å². The minimum Gasteiger partial charge on any atom is -0.354 e. The van der Waals surface area contributed by atoms with E-state index >= 15 is 0 Å². The van der Waals surface area contributed by atoms with Crippen LogP contribution >= 0.6 is 11.6 Å². The summed E-state index contributed by atoms with van der Waals surface area (Å²) in [5, 5.41) is 12.0. The fourth-order valence-electron chi connectivity index (χ4n) is 1.32. The third-order valence-electron chi connectivity index (χ3n) is 2.10. The average molecular weight is 248 g/mol. The Balaban J connectivity index is 2.28. The maximum atomic E-state index is 12.9. The SMILES string of the molecule is N#Cc1ccc(Nc2ccnc(F)c2)c(Cl)c1. The molecule has 84 valence electrons. The van der Waals surface area contributed by atoms with Crippen LogP contribution in [0.1, 0.15) is 5.56 Å². The third-order valence-corrected chi connectivity index (χ3v) is 2.42. The molecule has 0 bridgehead atoms. The highest BCUT2D eigenvalue weighted by Gasteiger charge is 2.03. The molecule has 5 heteroatoms. The van der Waals surface area contributed by atoms with Gasteiger partial charge in [-0.15, -0.1) is 0 Å². The summed E-state index contributed by atoms with van der Waals surface area (Å²) in [6.45, 7) is 0. The van der Waals surface area contributed by atoms with E-state index in [1.165, 1.54) is 12.3 Å². The van der Waals surface area contributed by atoms with Crippen molar-refractivity contribution in [2.45, 2.75) is 0 Å². The summed E-state index contributed by atoms with van der Waals surface area (Å²) in [7, 11) is 0. The molecule has 0 aliphatic rings. The molecule has 2 aromatic rings. The fourth-order valence-corrected chi connectivity index (χ4v) is 1.55. The summed E-state index contributed by atoms with van der Waals surface area (Å²) in [6.07, 6.45) is 1.36. The Morgan fingerprint density at radius 1 is 1.29 bits per heavy atom. The fraction of sp³-hybridized carbons (Fsp3) is 0. The number of aromatic nitrogens is 1. The standard InChI is InChI=1S/C12H7ClFN3/c13-10-5-8(7-15)1-2-11(10)17-9-3-4-16-12(14)6-9/h1-6H,(H,16,17). The van der Waals surface area contributed by atoms with Gasteiger partial charge in [-0.25, -0.2) is 4.98 Å². The van der Waals surface area contributed by atoms with Gasteiger partial charge in [0.25, 0.3) is 0 Å². The lowest BCUT2D eigenvalue weighted by Crippen LogP contribution is -1.93. The summed E-state index contributed by atoms with van der Waals surface area (Å²) in [4.78, 5) is 3.45. The molecule has 0 saturated carbocycles. The van der Waals surface area contributed by atoms with E-state index in [1.54, 1.807) is 24.3 Å². The number of rotatable bonds is 2. The van der Waals surface area contributed by atoms with Crippen molar-refractivity contribution in [2.24, 2.45) is 0 Å². The number of benzene rings is 1. The Kier molecular flexibility index (Phi) is 3.22. The number of anilines is 2. The number of nitrogens with one attached hydrogen (secondary N) is 1. The van der Waals surface area contributed by atoms with E-state index < -0.39 is 5.95 Å². The van der Waals surface area contributed by atoms with Crippen LogP contribution in [-0.4, -0.2) is 4.98 Å². The largest absolute Gasteiger partial charge is 0.354 e. The van der Waals surface area contributed by atoms with Crippen molar-refractivity contribution >= 4 is 23.0 Å². The van der Waals surface area contributed by atoms with E-state index in [2.05, 4.69) is 10.3 Å². The number of nitrogens with zero attached hydrogens (tertiary/aromatic N) is 2. The number of hydrogen-bond acceptors (Lipinski definition) is 3. The minimum atomic E-state index is -0.570. The van der Waals surface area contributed by atoms with E-state index in [9.17, 15) is 4.39 Å². The molecule has 0 amide bonds. The Morgan fingerprint density at radius 3 is 2.76 bits per heavy atom. The first-order valence-electron chi connectivity index (χ1n) is 4.77. The molecule has 1 N–H and O–H groups in total. The first kappa shape index (κ1) is 11.4. The smallest absolute Gasteiger partial charge is 0.214 e. The van der Waals surface area contributed by atoms with Crippen molar-refractivity contribution in [3.05, 3.63) is 53.1 Å². The van der Waals surface area contributed by atoms with Crippen LogP contribution in [0.4, 0.5) is 15.8 Å². The molecule has 0 radical (unpaired) electrons. The first-order chi connectivity index (χ1) is 8.19. The second-order valence-corrected chi connectivity index (χ2v) is 3.71. The van der Waals surface area contributed by atoms with Crippen LogP contribution in [0.3, 0.4) is 0 Å². The molecule has 0 spiro atoms. The van der Waals surface area contributed by atoms with Crippen LogP contribution in [0.5, 0.6) is 0 Å². The van der Waals surface area contributed by atoms with Crippen LogP contribution in [0, 0.1) is 17.3 Å². The van der Waals surface area contributed by atoms with Gasteiger partial charge < -0.3 is 5.32 Å². The van der Waals surface area contributed by atoms with Gasteiger partial charge in [-0.05, 0) is 24.3 Å². The normalized spacial score (nSPS) is 9.71. The van der Waals surface area contributed by atoms with Gasteiger partial charge in [-0.2, -0.15) is 9.65 Å². The topological polar surface area (TPSA) is 48.7 Å². The molecule has 0 aliphatic carbocycles. The minimum absolute atomic E-state index is 0.404. The molecular weight excluding hydrogens is 241 g/mol. The Labute approximate surface area is 102 Å². The predicted molar refractivity (Wildman–Crippen MR) is 63.6 cm³/mol. The van der Waals surface area contributed by atoms with Gasteiger partial charge in [0.05, 0.1) is 22.3 Å². The zero-order valence-electron chi connectivity index (χ0n) is 8.61. The van der Waals surface area contributed by atoms with Crippen molar-refractivity contribution in [1.29, 1.82) is 5.26 Å². The van der Waals surface area contributed by atoms with Gasteiger partial charge in [-0.3, -0.25) is 0 Å². The number of nitriles is 1. The van der Waals surface area contributed by atoms with E-state index in [0.29, 0.717) is 22.0 Å². The molecule has 0 fully saturated rings. The lowest BCUT2D eigenvalue weighted by atomic mass is 10.2. The van der Waals surface area contributed by atoms with Crippen LogP contribution in [-0.2, 0) is 0 Å². The quantitative estimate of drug-likeness (QED) is 0.827. The highest BCUT2D eigenvalue weighted by molar-refractivity contribution is 6.33. The third kappa shape index (κ3) is 2.71. The summed E-state index contributed by atoms with van der Waals surface area (Å²) in [6, 6.07) is 9.71. The number of hydrogen-bond donors (Lipinski definition) is 1. The summed E-state index contributed by atoms with van der Waals surface area (Å²) < 4.78 is 12.9. The van der Waals surface area contributed by atoms with Gasteiger partial charge in [0.15, 0.2) is 0 Å². The van der Waals surface area contributed by atoms with E-state index in [-0.39, 0.29) is 0 Å².